The van der Waals surface area contributed by atoms with Gasteiger partial charge in [0.25, 0.3) is 0 Å². The Morgan fingerprint density at radius 3 is 1.48 bits per heavy atom. The summed E-state index contributed by atoms with van der Waals surface area (Å²) in [5, 5.41) is 10.4. The average Bonchev–Trinajstić information content (AvgIpc) is 3.39. The lowest BCUT2D eigenvalue weighted by molar-refractivity contribution is -0.153. The van der Waals surface area contributed by atoms with Crippen LogP contribution in [0.25, 0.3) is 0 Å². The van der Waals surface area contributed by atoms with Crippen molar-refractivity contribution in [3.63, 3.8) is 0 Å². The number of allylic oxidation sites excluding steroid dienone is 6. The van der Waals surface area contributed by atoms with E-state index in [1.54, 1.807) is 27.7 Å². The fraction of sp³-hybridized carbons (Fsp3) is 0.595. The Bertz CT molecular complexity index is 1280. The third kappa shape index (κ3) is 13.5. The zero-order valence-electron chi connectivity index (χ0n) is 29.2. The minimum atomic E-state index is -0.725. The van der Waals surface area contributed by atoms with E-state index in [9.17, 15) is 48.3 Å². The van der Waals surface area contributed by atoms with Crippen LogP contribution in [0.3, 0.4) is 0 Å². The summed E-state index contributed by atoms with van der Waals surface area (Å²) in [6.07, 6.45) is 6.69. The molecule has 0 heterocycles. The molecule has 13 heteroatoms. The van der Waals surface area contributed by atoms with Gasteiger partial charge in [0.15, 0.2) is 0 Å². The van der Waals surface area contributed by atoms with Gasteiger partial charge in [-0.25, -0.2) is 0 Å². The lowest BCUT2D eigenvalue weighted by atomic mass is 9.82. The number of aliphatic hydroxyl groups excluding tert-OH is 1. The maximum Gasteiger partial charge on any atom is 0.306 e. The van der Waals surface area contributed by atoms with Crippen LogP contribution in [-0.2, 0) is 57.4 Å². The Hall–Kier alpha value is -4.39. The summed E-state index contributed by atoms with van der Waals surface area (Å²) in [6.45, 7) is 5.76. The van der Waals surface area contributed by atoms with Crippen LogP contribution < -0.4 is 0 Å². The van der Waals surface area contributed by atoms with E-state index in [4.69, 9.17) is 14.2 Å². The van der Waals surface area contributed by atoms with E-state index in [-0.39, 0.29) is 74.9 Å². The SMILES string of the molecule is C/C=C(/C=O)[C@@H](CC=O)CC(=O)OCC(CO)[C@@H]1C[C@@H](OC(=O)C[C@H](CC=O)/C(C=O)=C\C)[C@H](C)[C@H]1COC(=O)C[C@H](CC=O)/C(C=O)=C\C. The van der Waals surface area contributed by atoms with Gasteiger partial charge in [-0.1, -0.05) is 25.2 Å². The minimum Gasteiger partial charge on any atom is -0.465 e. The highest BCUT2D eigenvalue weighted by molar-refractivity contribution is 5.80. The molecule has 0 saturated heterocycles. The number of carbonyl (C=O) groups excluding carboxylic acids is 9. The molecule has 276 valence electrons. The van der Waals surface area contributed by atoms with Gasteiger partial charge in [0.2, 0.25) is 0 Å². The van der Waals surface area contributed by atoms with E-state index in [0.717, 1.165) is 0 Å². The number of ether oxygens (including phenoxy) is 3. The Morgan fingerprint density at radius 1 is 0.680 bits per heavy atom. The lowest BCUT2D eigenvalue weighted by Crippen LogP contribution is -2.32. The van der Waals surface area contributed by atoms with Crippen LogP contribution in [0.1, 0.15) is 72.6 Å². The second kappa shape index (κ2) is 23.9. The second-order valence-corrected chi connectivity index (χ2v) is 12.4. The summed E-state index contributed by atoms with van der Waals surface area (Å²) in [7, 11) is 0. The van der Waals surface area contributed by atoms with Crippen molar-refractivity contribution in [1.29, 1.82) is 0 Å². The molecule has 0 spiro atoms. The molecule has 0 radical (unpaired) electrons. The van der Waals surface area contributed by atoms with Crippen LogP contribution in [0.2, 0.25) is 0 Å². The van der Waals surface area contributed by atoms with Crippen LogP contribution in [0.5, 0.6) is 0 Å². The Morgan fingerprint density at radius 2 is 1.10 bits per heavy atom. The molecule has 1 N–H and O–H groups in total. The van der Waals surface area contributed by atoms with Gasteiger partial charge in [-0.3, -0.25) is 28.8 Å². The highest BCUT2D eigenvalue weighted by atomic mass is 16.5. The fourth-order valence-electron chi connectivity index (χ4n) is 6.50. The molecule has 1 saturated carbocycles. The molecular weight excluding hydrogens is 652 g/mol. The van der Waals surface area contributed by atoms with Crippen LogP contribution >= 0.6 is 0 Å². The highest BCUT2D eigenvalue weighted by Gasteiger charge is 2.47. The summed E-state index contributed by atoms with van der Waals surface area (Å²) in [5.74, 6) is -6.13. The molecule has 1 fully saturated rings. The summed E-state index contributed by atoms with van der Waals surface area (Å²) in [6, 6.07) is 0. The largest absolute Gasteiger partial charge is 0.465 e. The standard InChI is InChI=1S/C37H50O13/c1-5-25(18-41)28(8-11-38)14-35(45)48-22-31(21-44)32-17-34(50-37(47)16-30(10-13-40)27(7-3)20-43)24(4)33(32)23-49-36(46)15-29(9-12-39)26(6-2)19-42/h5-7,11-13,18-20,24,28-34,44H,8-10,14-17,21-23H2,1-4H3/b25-5-,26-6-,27-7-/t24-,28+,29+,30+,31?,32+,33-,34-/m1/s1. The van der Waals surface area contributed by atoms with Crippen molar-refractivity contribution < 1.29 is 62.5 Å². The molecule has 0 aromatic heterocycles. The van der Waals surface area contributed by atoms with Crippen molar-refractivity contribution in [2.45, 2.75) is 78.7 Å². The summed E-state index contributed by atoms with van der Waals surface area (Å²) in [4.78, 5) is 107. The molecule has 1 rings (SSSR count). The molecule has 13 nitrogen and oxygen atoms in total. The molecule has 0 aromatic rings. The normalized spacial score (nSPS) is 21.9. The molecule has 0 aliphatic heterocycles. The third-order valence-corrected chi connectivity index (χ3v) is 9.54. The van der Waals surface area contributed by atoms with Gasteiger partial charge < -0.3 is 33.7 Å². The van der Waals surface area contributed by atoms with Crippen LogP contribution in [0, 0.1) is 41.4 Å². The number of aliphatic hydroxyl groups is 1. The van der Waals surface area contributed by atoms with Crippen molar-refractivity contribution in [1.82, 2.24) is 0 Å². The third-order valence-electron chi connectivity index (χ3n) is 9.54. The van der Waals surface area contributed by atoms with Gasteiger partial charge in [-0.05, 0) is 55.7 Å². The van der Waals surface area contributed by atoms with Crippen molar-refractivity contribution in [3.05, 3.63) is 34.9 Å². The topological polar surface area (TPSA) is 202 Å². The highest BCUT2D eigenvalue weighted by Crippen LogP contribution is 2.44. The van der Waals surface area contributed by atoms with Crippen molar-refractivity contribution in [2.24, 2.45) is 41.4 Å². The first-order chi connectivity index (χ1) is 24.0. The molecule has 0 bridgehead atoms. The first kappa shape index (κ1) is 43.6. The first-order valence-electron chi connectivity index (χ1n) is 16.8. The van der Waals surface area contributed by atoms with E-state index < -0.39 is 72.0 Å². The van der Waals surface area contributed by atoms with E-state index in [2.05, 4.69) is 0 Å². The number of hydrogen-bond acceptors (Lipinski definition) is 13. The van der Waals surface area contributed by atoms with Crippen molar-refractivity contribution >= 4 is 55.6 Å². The monoisotopic (exact) mass is 702 g/mol. The summed E-state index contributed by atoms with van der Waals surface area (Å²) >= 11 is 0. The smallest absolute Gasteiger partial charge is 0.306 e. The Balaban J connectivity index is 3.24. The van der Waals surface area contributed by atoms with Crippen molar-refractivity contribution in [3.8, 4) is 0 Å². The van der Waals surface area contributed by atoms with Gasteiger partial charge in [0.1, 0.15) is 43.8 Å². The summed E-state index contributed by atoms with van der Waals surface area (Å²) < 4.78 is 16.9. The van der Waals surface area contributed by atoms with Crippen LogP contribution in [0.4, 0.5) is 0 Å². The van der Waals surface area contributed by atoms with Crippen LogP contribution in [0.15, 0.2) is 34.9 Å². The van der Waals surface area contributed by atoms with Crippen LogP contribution in [-0.4, -0.2) is 86.7 Å². The minimum absolute atomic E-state index is 0.0624. The number of rotatable bonds is 25. The molecule has 0 aromatic carbocycles. The predicted molar refractivity (Wildman–Crippen MR) is 179 cm³/mol. The van der Waals surface area contributed by atoms with Gasteiger partial charge in [-0.15, -0.1) is 0 Å². The zero-order chi connectivity index (χ0) is 37.6. The number of esters is 3. The number of aldehydes is 6. The fourth-order valence-corrected chi connectivity index (χ4v) is 6.50. The number of hydrogen-bond donors (Lipinski definition) is 1. The quantitative estimate of drug-likeness (QED) is 0.0630. The van der Waals surface area contributed by atoms with Gasteiger partial charge >= 0.3 is 17.9 Å². The molecule has 0 amide bonds. The lowest BCUT2D eigenvalue weighted by Gasteiger charge is -2.28. The second-order valence-electron chi connectivity index (χ2n) is 12.4. The Kier molecular flexibility index (Phi) is 20.8. The van der Waals surface area contributed by atoms with E-state index in [1.807, 2.05) is 0 Å². The maximum absolute atomic E-state index is 13.1. The maximum atomic E-state index is 13.1. The number of carbonyl (C=O) groups is 9. The average molecular weight is 703 g/mol. The van der Waals surface area contributed by atoms with Gasteiger partial charge in [-0.2, -0.15) is 0 Å². The molecule has 1 unspecified atom stereocenters. The molecular formula is C37H50O13. The predicted octanol–water partition coefficient (Wildman–Crippen LogP) is 3.09. The molecule has 1 aliphatic rings. The van der Waals surface area contributed by atoms with Gasteiger partial charge in [0, 0.05) is 55.5 Å². The zero-order valence-corrected chi connectivity index (χ0v) is 29.2. The van der Waals surface area contributed by atoms with E-state index in [0.29, 0.717) is 37.7 Å². The van der Waals surface area contributed by atoms with E-state index in [1.165, 1.54) is 18.2 Å². The molecule has 8 atom stereocenters. The van der Waals surface area contributed by atoms with Crippen molar-refractivity contribution in [2.75, 3.05) is 19.8 Å². The summed E-state index contributed by atoms with van der Waals surface area (Å²) in [5.41, 5.74) is 0.843. The van der Waals surface area contributed by atoms with E-state index >= 15 is 0 Å². The molecule has 50 heavy (non-hydrogen) atoms. The first-order valence-corrected chi connectivity index (χ1v) is 16.8. The molecule has 1 aliphatic carbocycles. The Labute approximate surface area is 292 Å². The van der Waals surface area contributed by atoms with Gasteiger partial charge in [0.05, 0.1) is 32.5 Å².